The molecule has 0 saturated carbocycles. The fourth-order valence-corrected chi connectivity index (χ4v) is 2.51. The lowest BCUT2D eigenvalue weighted by Gasteiger charge is -2.14. The first-order valence-electron chi connectivity index (χ1n) is 7.61. The molecule has 0 aliphatic rings. The summed E-state index contributed by atoms with van der Waals surface area (Å²) in [6.45, 7) is 8.42. The number of aryl methyl sites for hydroxylation is 2. The molecule has 0 radical (unpaired) electrons. The van der Waals surface area contributed by atoms with Crippen molar-refractivity contribution in [1.29, 1.82) is 0 Å². The van der Waals surface area contributed by atoms with Crippen molar-refractivity contribution in [1.82, 2.24) is 5.32 Å². The summed E-state index contributed by atoms with van der Waals surface area (Å²) in [6, 6.07) is 13.0. The average Bonchev–Trinajstić information content (AvgIpc) is 2.49. The lowest BCUT2D eigenvalue weighted by molar-refractivity contribution is 0.416. The van der Waals surface area contributed by atoms with Gasteiger partial charge in [0, 0.05) is 12.1 Å². The number of nitrogens with one attached hydrogen (secondary N) is 1. The number of hydrogen-bond acceptors (Lipinski definition) is 2. The van der Waals surface area contributed by atoms with Crippen LogP contribution in [0.5, 0.6) is 5.75 Å². The van der Waals surface area contributed by atoms with Gasteiger partial charge in [0.2, 0.25) is 0 Å². The van der Waals surface area contributed by atoms with Crippen LogP contribution in [0.15, 0.2) is 36.4 Å². The Balaban J connectivity index is 2.38. The van der Waals surface area contributed by atoms with Crippen LogP contribution in [-0.4, -0.2) is 13.7 Å². The lowest BCUT2D eigenvalue weighted by Crippen LogP contribution is -2.13. The highest BCUT2D eigenvalue weighted by molar-refractivity contribution is 5.74. The van der Waals surface area contributed by atoms with Crippen LogP contribution >= 0.6 is 0 Å². The van der Waals surface area contributed by atoms with Crippen LogP contribution in [0.25, 0.3) is 11.1 Å². The molecule has 0 aliphatic heterocycles. The summed E-state index contributed by atoms with van der Waals surface area (Å²) in [5.41, 5.74) is 6.27. The summed E-state index contributed by atoms with van der Waals surface area (Å²) in [5, 5.41) is 3.46. The molecule has 0 aliphatic carbocycles. The maximum Gasteiger partial charge on any atom is 0.126 e. The zero-order chi connectivity index (χ0) is 15.2. The van der Waals surface area contributed by atoms with Crippen molar-refractivity contribution < 1.29 is 4.74 Å². The van der Waals surface area contributed by atoms with Gasteiger partial charge in [0.05, 0.1) is 7.11 Å². The second-order valence-corrected chi connectivity index (χ2v) is 5.53. The third kappa shape index (κ3) is 3.85. The molecule has 0 spiro atoms. The van der Waals surface area contributed by atoms with E-state index in [0.717, 1.165) is 25.3 Å². The molecule has 0 heterocycles. The minimum atomic E-state index is 0.912. The van der Waals surface area contributed by atoms with Crippen molar-refractivity contribution in [2.45, 2.75) is 33.7 Å². The first-order valence-corrected chi connectivity index (χ1v) is 7.61. The van der Waals surface area contributed by atoms with Crippen LogP contribution < -0.4 is 10.1 Å². The van der Waals surface area contributed by atoms with E-state index in [1.165, 1.54) is 27.8 Å². The molecule has 0 unspecified atom stereocenters. The van der Waals surface area contributed by atoms with E-state index in [-0.39, 0.29) is 0 Å². The van der Waals surface area contributed by atoms with E-state index in [0.29, 0.717) is 0 Å². The monoisotopic (exact) mass is 283 g/mol. The highest BCUT2D eigenvalue weighted by atomic mass is 16.5. The van der Waals surface area contributed by atoms with Crippen molar-refractivity contribution in [3.63, 3.8) is 0 Å². The summed E-state index contributed by atoms with van der Waals surface area (Å²) in [6.07, 6.45) is 1.16. The van der Waals surface area contributed by atoms with Crippen molar-refractivity contribution in [2.24, 2.45) is 0 Å². The first-order chi connectivity index (χ1) is 10.2. The second-order valence-electron chi connectivity index (χ2n) is 5.53. The SMILES string of the molecule is CCCNCc1ccc(C)c(-c2cc(C)ccc2OC)c1. The number of hydrogen-bond donors (Lipinski definition) is 1. The summed E-state index contributed by atoms with van der Waals surface area (Å²) < 4.78 is 5.53. The Labute approximate surface area is 128 Å². The van der Waals surface area contributed by atoms with E-state index in [4.69, 9.17) is 4.74 Å². The molecular formula is C19H25NO. The second kappa shape index (κ2) is 7.28. The third-order valence-electron chi connectivity index (χ3n) is 3.70. The highest BCUT2D eigenvalue weighted by Gasteiger charge is 2.09. The number of benzene rings is 2. The topological polar surface area (TPSA) is 21.3 Å². The minimum absolute atomic E-state index is 0.912. The minimum Gasteiger partial charge on any atom is -0.496 e. The van der Waals surface area contributed by atoms with Crippen molar-refractivity contribution >= 4 is 0 Å². The van der Waals surface area contributed by atoms with Gasteiger partial charge < -0.3 is 10.1 Å². The van der Waals surface area contributed by atoms with Gasteiger partial charge in [-0.1, -0.05) is 30.7 Å². The van der Waals surface area contributed by atoms with Gasteiger partial charge in [-0.05, 0) is 61.7 Å². The fourth-order valence-electron chi connectivity index (χ4n) is 2.51. The number of rotatable bonds is 6. The van der Waals surface area contributed by atoms with Crippen LogP contribution in [0, 0.1) is 13.8 Å². The van der Waals surface area contributed by atoms with E-state index < -0.39 is 0 Å². The molecule has 0 saturated heterocycles. The van der Waals surface area contributed by atoms with Gasteiger partial charge in [0.1, 0.15) is 5.75 Å². The summed E-state index contributed by atoms with van der Waals surface area (Å²) in [7, 11) is 1.73. The van der Waals surface area contributed by atoms with Gasteiger partial charge in [-0.25, -0.2) is 0 Å². The largest absolute Gasteiger partial charge is 0.496 e. The Hall–Kier alpha value is -1.80. The fraction of sp³-hybridized carbons (Fsp3) is 0.368. The van der Waals surface area contributed by atoms with Gasteiger partial charge in [-0.2, -0.15) is 0 Å². The van der Waals surface area contributed by atoms with Crippen LogP contribution in [-0.2, 0) is 6.54 Å². The Kier molecular flexibility index (Phi) is 5.40. The van der Waals surface area contributed by atoms with Crippen LogP contribution in [0.2, 0.25) is 0 Å². The number of ether oxygens (including phenoxy) is 1. The van der Waals surface area contributed by atoms with Crippen LogP contribution in [0.1, 0.15) is 30.0 Å². The van der Waals surface area contributed by atoms with Crippen molar-refractivity contribution in [3.05, 3.63) is 53.1 Å². The van der Waals surface area contributed by atoms with Gasteiger partial charge in [0.25, 0.3) is 0 Å². The van der Waals surface area contributed by atoms with E-state index in [9.17, 15) is 0 Å². The highest BCUT2D eigenvalue weighted by Crippen LogP contribution is 2.33. The van der Waals surface area contributed by atoms with E-state index in [2.05, 4.69) is 56.4 Å². The standard InChI is InChI=1S/C19H25NO/c1-5-10-20-13-16-8-7-15(3)17(12-16)18-11-14(2)6-9-19(18)21-4/h6-9,11-12,20H,5,10,13H2,1-4H3. The predicted molar refractivity (Wildman–Crippen MR) is 89.9 cm³/mol. The molecule has 1 N–H and O–H groups in total. The Morgan fingerprint density at radius 2 is 1.81 bits per heavy atom. The quantitative estimate of drug-likeness (QED) is 0.789. The number of methoxy groups -OCH3 is 1. The van der Waals surface area contributed by atoms with Crippen LogP contribution in [0.4, 0.5) is 0 Å². The smallest absolute Gasteiger partial charge is 0.126 e. The maximum atomic E-state index is 5.53. The Morgan fingerprint density at radius 1 is 1.00 bits per heavy atom. The first kappa shape index (κ1) is 15.6. The molecule has 112 valence electrons. The van der Waals surface area contributed by atoms with E-state index in [1.54, 1.807) is 7.11 Å². The van der Waals surface area contributed by atoms with Gasteiger partial charge in [0.15, 0.2) is 0 Å². The molecule has 2 rings (SSSR count). The van der Waals surface area contributed by atoms with Gasteiger partial charge >= 0.3 is 0 Å². The molecule has 0 amide bonds. The molecule has 0 fully saturated rings. The van der Waals surface area contributed by atoms with Crippen molar-refractivity contribution in [3.8, 4) is 16.9 Å². The van der Waals surface area contributed by atoms with E-state index >= 15 is 0 Å². The zero-order valence-electron chi connectivity index (χ0n) is 13.5. The van der Waals surface area contributed by atoms with Gasteiger partial charge in [-0.3, -0.25) is 0 Å². The normalized spacial score (nSPS) is 10.7. The average molecular weight is 283 g/mol. The summed E-state index contributed by atoms with van der Waals surface area (Å²) >= 11 is 0. The van der Waals surface area contributed by atoms with Gasteiger partial charge in [-0.15, -0.1) is 0 Å². The van der Waals surface area contributed by atoms with Crippen molar-refractivity contribution in [2.75, 3.05) is 13.7 Å². The van der Waals surface area contributed by atoms with Crippen LogP contribution in [0.3, 0.4) is 0 Å². The summed E-state index contributed by atoms with van der Waals surface area (Å²) in [5.74, 6) is 0.933. The summed E-state index contributed by atoms with van der Waals surface area (Å²) in [4.78, 5) is 0. The third-order valence-corrected chi connectivity index (χ3v) is 3.70. The molecular weight excluding hydrogens is 258 g/mol. The molecule has 2 nitrogen and oxygen atoms in total. The Morgan fingerprint density at radius 3 is 2.52 bits per heavy atom. The zero-order valence-corrected chi connectivity index (χ0v) is 13.5. The molecule has 0 aromatic heterocycles. The lowest BCUT2D eigenvalue weighted by atomic mass is 9.96. The van der Waals surface area contributed by atoms with E-state index in [1.807, 2.05) is 6.07 Å². The maximum absolute atomic E-state index is 5.53. The predicted octanol–water partition coefficient (Wildman–Crippen LogP) is 4.48. The molecule has 2 aromatic rings. The molecule has 21 heavy (non-hydrogen) atoms. The molecule has 0 atom stereocenters. The molecule has 2 heteroatoms. The Bertz CT molecular complexity index is 605. The molecule has 2 aromatic carbocycles. The molecule has 0 bridgehead atoms.